The molecule has 0 atom stereocenters. The highest BCUT2D eigenvalue weighted by Crippen LogP contribution is 2.30. The molecule has 148 valence electrons. The summed E-state index contributed by atoms with van der Waals surface area (Å²) < 4.78 is 11.5. The van der Waals surface area contributed by atoms with E-state index in [9.17, 15) is 9.59 Å². The summed E-state index contributed by atoms with van der Waals surface area (Å²) in [5, 5.41) is 0. The third-order valence-electron chi connectivity index (χ3n) is 4.67. The number of nitrogens with zero attached hydrogens (tertiary/aromatic N) is 1. The number of carbonyl (C=O) groups excluding carboxylic acids is 2. The molecule has 3 rings (SSSR count). The largest absolute Gasteiger partial charge is 0.490 e. The van der Waals surface area contributed by atoms with Crippen molar-refractivity contribution in [3.8, 4) is 11.5 Å². The van der Waals surface area contributed by atoms with Gasteiger partial charge in [-0.25, -0.2) is 0 Å². The van der Waals surface area contributed by atoms with Crippen LogP contribution in [0.25, 0.3) is 0 Å². The molecule has 0 N–H and O–H groups in total. The first kappa shape index (κ1) is 19.9. The average Bonchev–Trinajstić information content (AvgIpc) is 2.69. The molecule has 0 aliphatic carbocycles. The number of rotatable bonds is 9. The Labute approximate surface area is 166 Å². The predicted octanol–water partition coefficient (Wildman–Crippen LogP) is 4.34. The third kappa shape index (κ3) is 4.35. The van der Waals surface area contributed by atoms with E-state index in [0.29, 0.717) is 41.4 Å². The van der Waals surface area contributed by atoms with Gasteiger partial charge in [0.05, 0.1) is 18.8 Å². The molecule has 0 radical (unpaired) electrons. The van der Waals surface area contributed by atoms with Crippen LogP contribution in [0.5, 0.6) is 11.5 Å². The number of amides is 1. The lowest BCUT2D eigenvalue weighted by atomic mass is 9.96. The molecule has 1 heterocycles. The van der Waals surface area contributed by atoms with Crippen molar-refractivity contribution >= 4 is 11.7 Å². The van der Waals surface area contributed by atoms with E-state index in [4.69, 9.17) is 9.47 Å². The van der Waals surface area contributed by atoms with Gasteiger partial charge in [0.15, 0.2) is 17.3 Å². The van der Waals surface area contributed by atoms with Crippen LogP contribution in [0.3, 0.4) is 0 Å². The van der Waals surface area contributed by atoms with E-state index in [1.165, 1.54) is 0 Å². The van der Waals surface area contributed by atoms with E-state index < -0.39 is 0 Å². The van der Waals surface area contributed by atoms with Crippen LogP contribution in [0.15, 0.2) is 42.5 Å². The topological polar surface area (TPSA) is 55.8 Å². The van der Waals surface area contributed by atoms with Gasteiger partial charge in [-0.05, 0) is 43.5 Å². The van der Waals surface area contributed by atoms with Crippen LogP contribution in [-0.2, 0) is 0 Å². The molecule has 1 aliphatic rings. The highest BCUT2D eigenvalue weighted by atomic mass is 16.5. The molecule has 1 aliphatic heterocycles. The van der Waals surface area contributed by atoms with Crippen molar-refractivity contribution in [3.63, 3.8) is 0 Å². The Balaban J connectivity index is 1.90. The zero-order valence-electron chi connectivity index (χ0n) is 16.6. The summed E-state index contributed by atoms with van der Waals surface area (Å²) in [5.74, 6) is 0.929. The Morgan fingerprint density at radius 2 is 1.54 bits per heavy atom. The Kier molecular flexibility index (Phi) is 6.69. The number of hydrogen-bond acceptors (Lipinski definition) is 4. The molecular formula is C23H27NO4. The number of hydrogen-bond donors (Lipinski definition) is 0. The summed E-state index contributed by atoms with van der Waals surface area (Å²) in [6.07, 6.45) is 2.76. The van der Waals surface area contributed by atoms with E-state index in [-0.39, 0.29) is 11.7 Å². The van der Waals surface area contributed by atoms with Crippen molar-refractivity contribution in [2.45, 2.75) is 33.1 Å². The summed E-state index contributed by atoms with van der Waals surface area (Å²) in [5.41, 5.74) is 1.36. The van der Waals surface area contributed by atoms with Crippen LogP contribution >= 0.6 is 0 Å². The van der Waals surface area contributed by atoms with Crippen molar-refractivity contribution in [2.24, 2.45) is 0 Å². The normalized spacial score (nSPS) is 13.0. The quantitative estimate of drug-likeness (QED) is 0.606. The summed E-state index contributed by atoms with van der Waals surface area (Å²) in [4.78, 5) is 27.6. The van der Waals surface area contributed by atoms with Crippen LogP contribution in [-0.4, -0.2) is 42.9 Å². The maximum absolute atomic E-state index is 13.2. The molecule has 0 unspecified atom stereocenters. The number of carbonyl (C=O) groups is 2. The minimum atomic E-state index is -0.187. The second-order valence-corrected chi connectivity index (χ2v) is 6.88. The molecule has 0 aromatic heterocycles. The first-order valence-electron chi connectivity index (χ1n) is 9.98. The number of ether oxygens (including phenoxy) is 2. The van der Waals surface area contributed by atoms with E-state index in [1.54, 1.807) is 47.4 Å². The second-order valence-electron chi connectivity index (χ2n) is 6.88. The first-order valence-corrected chi connectivity index (χ1v) is 9.98. The van der Waals surface area contributed by atoms with Gasteiger partial charge in [0.25, 0.3) is 5.91 Å². The molecule has 1 amide bonds. The molecule has 2 aromatic carbocycles. The van der Waals surface area contributed by atoms with Crippen molar-refractivity contribution in [3.05, 3.63) is 59.2 Å². The Morgan fingerprint density at radius 3 is 2.14 bits per heavy atom. The van der Waals surface area contributed by atoms with Gasteiger partial charge in [-0.15, -0.1) is 0 Å². The smallest absolute Gasteiger partial charge is 0.254 e. The van der Waals surface area contributed by atoms with Gasteiger partial charge in [-0.1, -0.05) is 32.0 Å². The van der Waals surface area contributed by atoms with Crippen LogP contribution in [0.4, 0.5) is 0 Å². The molecule has 5 nitrogen and oxygen atoms in total. The van der Waals surface area contributed by atoms with E-state index in [1.807, 2.05) is 13.8 Å². The Hall–Kier alpha value is -2.82. The maximum atomic E-state index is 13.2. The molecule has 1 saturated heterocycles. The fourth-order valence-electron chi connectivity index (χ4n) is 3.02. The van der Waals surface area contributed by atoms with E-state index in [0.717, 1.165) is 32.4 Å². The van der Waals surface area contributed by atoms with E-state index in [2.05, 4.69) is 0 Å². The highest BCUT2D eigenvalue weighted by Gasteiger charge is 2.26. The summed E-state index contributed by atoms with van der Waals surface area (Å²) >= 11 is 0. The fourth-order valence-corrected chi connectivity index (χ4v) is 3.02. The van der Waals surface area contributed by atoms with Gasteiger partial charge in [0, 0.05) is 24.2 Å². The molecule has 2 aromatic rings. The Morgan fingerprint density at radius 1 is 0.893 bits per heavy atom. The van der Waals surface area contributed by atoms with Crippen molar-refractivity contribution in [1.82, 2.24) is 4.90 Å². The van der Waals surface area contributed by atoms with Gasteiger partial charge in [-0.2, -0.15) is 0 Å². The monoisotopic (exact) mass is 381 g/mol. The van der Waals surface area contributed by atoms with Crippen molar-refractivity contribution in [1.29, 1.82) is 0 Å². The highest BCUT2D eigenvalue weighted by molar-refractivity contribution is 6.15. The number of ketones is 1. The SMILES string of the molecule is CCCOc1ccc(C(=O)c2ccccc2C(=O)N2CCC2)cc1OCCC. The van der Waals surface area contributed by atoms with Crippen LogP contribution in [0.1, 0.15) is 59.4 Å². The zero-order valence-corrected chi connectivity index (χ0v) is 16.6. The Bertz CT molecular complexity index is 842. The maximum Gasteiger partial charge on any atom is 0.254 e. The zero-order chi connectivity index (χ0) is 19.9. The van der Waals surface area contributed by atoms with Gasteiger partial charge < -0.3 is 14.4 Å². The lowest BCUT2D eigenvalue weighted by molar-refractivity contribution is 0.0648. The molecule has 0 spiro atoms. The standard InChI is InChI=1S/C23H27NO4/c1-3-14-27-20-11-10-17(16-21(20)28-15-4-2)22(25)18-8-5-6-9-19(18)23(26)24-12-7-13-24/h5-6,8-11,16H,3-4,7,12-15H2,1-2H3. The van der Waals surface area contributed by atoms with Crippen LogP contribution in [0.2, 0.25) is 0 Å². The van der Waals surface area contributed by atoms with Gasteiger partial charge in [0.2, 0.25) is 0 Å². The minimum Gasteiger partial charge on any atom is -0.490 e. The fraction of sp³-hybridized carbons (Fsp3) is 0.391. The number of benzene rings is 2. The van der Waals surface area contributed by atoms with Crippen molar-refractivity contribution in [2.75, 3.05) is 26.3 Å². The average molecular weight is 381 g/mol. The second kappa shape index (κ2) is 9.40. The molecule has 5 heteroatoms. The molecule has 28 heavy (non-hydrogen) atoms. The summed E-state index contributed by atoms with van der Waals surface area (Å²) in [6, 6.07) is 12.2. The predicted molar refractivity (Wildman–Crippen MR) is 108 cm³/mol. The van der Waals surface area contributed by atoms with Gasteiger partial charge in [0.1, 0.15) is 0 Å². The van der Waals surface area contributed by atoms with Gasteiger partial charge >= 0.3 is 0 Å². The van der Waals surface area contributed by atoms with Crippen molar-refractivity contribution < 1.29 is 19.1 Å². The number of likely N-dealkylation sites (tertiary alicyclic amines) is 1. The van der Waals surface area contributed by atoms with Crippen LogP contribution < -0.4 is 9.47 Å². The third-order valence-corrected chi connectivity index (χ3v) is 4.67. The molecular weight excluding hydrogens is 354 g/mol. The minimum absolute atomic E-state index is 0.0828. The molecule has 1 fully saturated rings. The lowest BCUT2D eigenvalue weighted by Gasteiger charge is -2.31. The van der Waals surface area contributed by atoms with Gasteiger partial charge in [-0.3, -0.25) is 9.59 Å². The summed E-state index contributed by atoms with van der Waals surface area (Å²) in [6.45, 7) is 6.70. The van der Waals surface area contributed by atoms with Crippen LogP contribution in [0, 0.1) is 0 Å². The molecule has 0 saturated carbocycles. The summed E-state index contributed by atoms with van der Waals surface area (Å²) in [7, 11) is 0. The lowest BCUT2D eigenvalue weighted by Crippen LogP contribution is -2.42. The van der Waals surface area contributed by atoms with E-state index >= 15 is 0 Å². The molecule has 0 bridgehead atoms. The first-order chi connectivity index (χ1) is 13.7.